The van der Waals surface area contributed by atoms with Crippen LogP contribution in [-0.2, 0) is 0 Å². The molecular formula is C29H35Cl2N3O4. The predicted octanol–water partition coefficient (Wildman–Crippen LogP) is 5.71. The highest BCUT2D eigenvalue weighted by atomic mass is 35.5. The first kappa shape index (κ1) is 29.6. The van der Waals surface area contributed by atoms with Gasteiger partial charge in [-0.05, 0) is 51.0 Å². The number of rotatable bonds is 7. The first-order valence-electron chi connectivity index (χ1n) is 12.5. The number of pyridine rings is 1. The minimum atomic E-state index is -0.317. The summed E-state index contributed by atoms with van der Waals surface area (Å²) in [6, 6.07) is 14.3. The van der Waals surface area contributed by atoms with Crippen molar-refractivity contribution in [3.8, 4) is 11.5 Å². The Hall–Kier alpha value is -3.00. The molecule has 0 spiro atoms. The van der Waals surface area contributed by atoms with Gasteiger partial charge >= 0.3 is 5.63 Å². The zero-order chi connectivity index (χ0) is 25.2. The topological polar surface area (TPSA) is 68.0 Å². The largest absolute Gasteiger partial charge is 0.493 e. The van der Waals surface area contributed by atoms with E-state index >= 15 is 0 Å². The number of nitrogens with zero attached hydrogens (tertiary/aromatic N) is 3. The molecule has 0 radical (unpaired) electrons. The van der Waals surface area contributed by atoms with Crippen LogP contribution < -0.4 is 20.0 Å². The Labute approximate surface area is 235 Å². The molecule has 9 heteroatoms. The van der Waals surface area contributed by atoms with Gasteiger partial charge in [0.05, 0.1) is 24.9 Å². The molecule has 38 heavy (non-hydrogen) atoms. The van der Waals surface area contributed by atoms with E-state index in [2.05, 4.69) is 40.1 Å². The summed E-state index contributed by atoms with van der Waals surface area (Å²) in [5.74, 6) is 1.24. The number of piperazine rings is 1. The number of fused-ring (bicyclic) bond motifs is 2. The predicted molar refractivity (Wildman–Crippen MR) is 158 cm³/mol. The highest BCUT2D eigenvalue weighted by Crippen LogP contribution is 2.34. The van der Waals surface area contributed by atoms with Gasteiger partial charge in [0.1, 0.15) is 5.58 Å². The fraction of sp³-hybridized carbons (Fsp3) is 0.379. The third-order valence-electron chi connectivity index (χ3n) is 7.17. The van der Waals surface area contributed by atoms with Crippen molar-refractivity contribution in [2.45, 2.75) is 27.2 Å². The fourth-order valence-corrected chi connectivity index (χ4v) is 4.89. The van der Waals surface area contributed by atoms with Gasteiger partial charge in [0, 0.05) is 60.8 Å². The average Bonchev–Trinajstić information content (AvgIpc) is 2.89. The quantitative estimate of drug-likeness (QED) is 0.212. The van der Waals surface area contributed by atoms with Crippen LogP contribution in [0.3, 0.4) is 0 Å². The minimum Gasteiger partial charge on any atom is -0.493 e. The van der Waals surface area contributed by atoms with Crippen LogP contribution in [0.15, 0.2) is 51.7 Å². The first-order chi connectivity index (χ1) is 17.4. The Balaban J connectivity index is 0.00000200. The lowest BCUT2D eigenvalue weighted by Crippen LogP contribution is -2.46. The van der Waals surface area contributed by atoms with Crippen molar-refractivity contribution in [2.24, 2.45) is 0 Å². The van der Waals surface area contributed by atoms with Crippen LogP contribution in [-0.4, -0.2) is 56.3 Å². The van der Waals surface area contributed by atoms with E-state index in [1.807, 2.05) is 19.9 Å². The van der Waals surface area contributed by atoms with Gasteiger partial charge < -0.3 is 18.8 Å². The van der Waals surface area contributed by atoms with Crippen LogP contribution in [0, 0.1) is 20.8 Å². The maximum Gasteiger partial charge on any atom is 0.339 e. The number of benzene rings is 2. The molecular weight excluding hydrogens is 525 g/mol. The van der Waals surface area contributed by atoms with Crippen molar-refractivity contribution < 1.29 is 13.9 Å². The lowest BCUT2D eigenvalue weighted by atomic mass is 10.1. The molecule has 0 aliphatic carbocycles. The number of hydrogen-bond donors (Lipinski definition) is 0. The Morgan fingerprint density at radius 2 is 1.71 bits per heavy atom. The molecule has 0 atom stereocenters. The molecule has 0 saturated carbocycles. The SMILES string of the molecule is COc1cc2oc(=O)c(C)c(C)c2cc1OCCCN1CCN(c2cccc3ccc(C)nc23)CC1.Cl.Cl. The van der Waals surface area contributed by atoms with Crippen LogP contribution in [0.4, 0.5) is 5.69 Å². The molecule has 1 aliphatic heterocycles. The van der Waals surface area contributed by atoms with E-state index in [4.69, 9.17) is 18.9 Å². The van der Waals surface area contributed by atoms with Gasteiger partial charge in [-0.25, -0.2) is 4.79 Å². The van der Waals surface area contributed by atoms with Gasteiger partial charge in [0.2, 0.25) is 0 Å². The summed E-state index contributed by atoms with van der Waals surface area (Å²) >= 11 is 0. The lowest BCUT2D eigenvalue weighted by Gasteiger charge is -2.36. The Morgan fingerprint density at radius 1 is 0.947 bits per heavy atom. The third kappa shape index (κ3) is 6.01. The van der Waals surface area contributed by atoms with Crippen LogP contribution in [0.5, 0.6) is 11.5 Å². The second-order valence-electron chi connectivity index (χ2n) is 9.47. The highest BCUT2D eigenvalue weighted by molar-refractivity contribution is 5.91. The Morgan fingerprint density at radius 3 is 2.45 bits per heavy atom. The normalized spacial score (nSPS) is 13.7. The molecule has 0 unspecified atom stereocenters. The third-order valence-corrected chi connectivity index (χ3v) is 7.17. The van der Waals surface area contributed by atoms with Gasteiger partial charge in [0.15, 0.2) is 11.5 Å². The maximum absolute atomic E-state index is 12.0. The van der Waals surface area contributed by atoms with Crippen LogP contribution in [0.25, 0.3) is 21.9 Å². The van der Waals surface area contributed by atoms with Crippen LogP contribution >= 0.6 is 24.8 Å². The van der Waals surface area contributed by atoms with Gasteiger partial charge in [-0.2, -0.15) is 0 Å². The second-order valence-corrected chi connectivity index (χ2v) is 9.47. The van der Waals surface area contributed by atoms with E-state index in [-0.39, 0.29) is 30.4 Å². The molecule has 2 aromatic heterocycles. The molecule has 5 rings (SSSR count). The van der Waals surface area contributed by atoms with E-state index in [1.54, 1.807) is 20.1 Å². The number of methoxy groups -OCH3 is 1. The van der Waals surface area contributed by atoms with Crippen molar-refractivity contribution in [1.29, 1.82) is 0 Å². The Bertz CT molecular complexity index is 1470. The van der Waals surface area contributed by atoms with Gasteiger partial charge in [0.25, 0.3) is 0 Å². The minimum absolute atomic E-state index is 0. The van der Waals surface area contributed by atoms with Gasteiger partial charge in [-0.3, -0.25) is 9.88 Å². The van der Waals surface area contributed by atoms with E-state index in [0.29, 0.717) is 29.3 Å². The molecule has 1 aliphatic rings. The summed E-state index contributed by atoms with van der Waals surface area (Å²) in [4.78, 5) is 21.8. The number of aromatic nitrogens is 1. The summed E-state index contributed by atoms with van der Waals surface area (Å²) in [6.45, 7) is 11.3. The van der Waals surface area contributed by atoms with Crippen molar-refractivity contribution in [3.05, 3.63) is 69.7 Å². The standard InChI is InChI=1S/C29H33N3O4.2ClH/c1-19-9-10-22-7-5-8-24(28(22)30-19)32-14-12-31(13-15-32)11-6-16-35-27-17-23-20(2)21(3)29(33)36-25(23)18-26(27)34-4;;/h5,7-10,17-18H,6,11-16H2,1-4H3;2*1H. The molecule has 0 N–H and O–H groups in total. The Kier molecular flexibility index (Phi) is 9.88. The van der Waals surface area contributed by atoms with Crippen molar-refractivity contribution in [1.82, 2.24) is 9.88 Å². The zero-order valence-electron chi connectivity index (χ0n) is 22.3. The maximum atomic E-state index is 12.0. The molecule has 1 fully saturated rings. The molecule has 4 aromatic rings. The molecule has 3 heterocycles. The van der Waals surface area contributed by atoms with Crippen molar-refractivity contribution >= 4 is 52.4 Å². The van der Waals surface area contributed by atoms with Crippen LogP contribution in [0.1, 0.15) is 23.2 Å². The summed E-state index contributed by atoms with van der Waals surface area (Å²) in [5, 5.41) is 2.06. The van der Waals surface area contributed by atoms with Crippen LogP contribution in [0.2, 0.25) is 0 Å². The number of anilines is 1. The van der Waals surface area contributed by atoms with E-state index in [0.717, 1.165) is 61.3 Å². The molecule has 7 nitrogen and oxygen atoms in total. The average molecular weight is 561 g/mol. The molecule has 204 valence electrons. The smallest absolute Gasteiger partial charge is 0.339 e. The monoisotopic (exact) mass is 559 g/mol. The summed E-state index contributed by atoms with van der Waals surface area (Å²) in [6.07, 6.45) is 0.915. The first-order valence-corrected chi connectivity index (χ1v) is 12.5. The lowest BCUT2D eigenvalue weighted by molar-refractivity contribution is 0.221. The summed E-state index contributed by atoms with van der Waals surface area (Å²) in [5.41, 5.74) is 5.09. The number of halogens is 2. The number of ether oxygens (including phenoxy) is 2. The number of aryl methyl sites for hydroxylation is 2. The summed E-state index contributed by atoms with van der Waals surface area (Å²) in [7, 11) is 1.60. The number of hydrogen-bond acceptors (Lipinski definition) is 7. The van der Waals surface area contributed by atoms with Crippen molar-refractivity contribution in [2.75, 3.05) is 51.3 Å². The van der Waals surface area contributed by atoms with E-state index < -0.39 is 0 Å². The van der Waals surface area contributed by atoms with Gasteiger partial charge in [-0.1, -0.05) is 18.2 Å². The molecule has 2 aromatic carbocycles. The fourth-order valence-electron chi connectivity index (χ4n) is 4.89. The molecule has 0 bridgehead atoms. The zero-order valence-corrected chi connectivity index (χ0v) is 23.9. The second kappa shape index (κ2) is 12.7. The van der Waals surface area contributed by atoms with Gasteiger partial charge in [-0.15, -0.1) is 24.8 Å². The van der Waals surface area contributed by atoms with Crippen molar-refractivity contribution in [3.63, 3.8) is 0 Å². The molecule has 1 saturated heterocycles. The number of para-hydroxylation sites is 1. The highest BCUT2D eigenvalue weighted by Gasteiger charge is 2.19. The summed E-state index contributed by atoms with van der Waals surface area (Å²) < 4.78 is 17.0. The van der Waals surface area contributed by atoms with E-state index in [9.17, 15) is 4.79 Å². The van der Waals surface area contributed by atoms with E-state index in [1.165, 1.54) is 11.1 Å². The molecule has 0 amide bonds.